The number of amides is 1. The van der Waals surface area contributed by atoms with E-state index in [1.165, 1.54) is 13.8 Å². The van der Waals surface area contributed by atoms with Crippen molar-refractivity contribution in [1.29, 1.82) is 0 Å². The van der Waals surface area contributed by atoms with E-state index in [1.54, 1.807) is 13.8 Å². The lowest BCUT2D eigenvalue weighted by Gasteiger charge is -2.54. The highest BCUT2D eigenvalue weighted by Gasteiger charge is 2.57. The number of nitrogens with one attached hydrogen (secondary N) is 1. The minimum atomic E-state index is -5.35. The fraction of sp³-hybridized carbons (Fsp3) is 0.800. The number of carboxylic acid groups (broad SMARTS) is 1. The van der Waals surface area contributed by atoms with Gasteiger partial charge >= 0.3 is 0 Å². The van der Waals surface area contributed by atoms with Crippen LogP contribution in [0, 0.1) is 5.41 Å². The number of rotatable bonds is 9. The Balaban J connectivity index is 2.30. The highest BCUT2D eigenvalue weighted by atomic mass is 32.3. The summed E-state index contributed by atoms with van der Waals surface area (Å²) < 4.78 is 54.8. The summed E-state index contributed by atoms with van der Waals surface area (Å²) in [5.74, 6) is -3.09. The number of aliphatic carboxylic acids is 1. The minimum absolute atomic E-state index is 0.373. The molecule has 2 aliphatic heterocycles. The molecule has 0 radical (unpaired) electrons. The molecule has 7 atom stereocenters. The molecule has 1 amide bonds. The summed E-state index contributed by atoms with van der Waals surface area (Å²) in [6.45, 7) is 5.63. The Kier molecular flexibility index (Phi) is 8.61. The van der Waals surface area contributed by atoms with Gasteiger partial charge in [-0.3, -0.25) is 8.98 Å². The molecule has 15 heteroatoms. The van der Waals surface area contributed by atoms with Crippen molar-refractivity contribution in [3.8, 4) is 0 Å². The molecule has 0 aromatic rings. The zero-order valence-corrected chi connectivity index (χ0v) is 20.7. The van der Waals surface area contributed by atoms with E-state index in [9.17, 15) is 43.0 Å². The molecule has 1 saturated heterocycles. The Morgan fingerprint density at radius 3 is 2.29 bits per heavy atom. The number of ether oxygens (including phenoxy) is 3. The van der Waals surface area contributed by atoms with Crippen LogP contribution in [0.25, 0.3) is 0 Å². The van der Waals surface area contributed by atoms with Gasteiger partial charge in [-0.15, -0.1) is 0 Å². The molecular weight excluding hydrogens is 494 g/mol. The van der Waals surface area contributed by atoms with Gasteiger partial charge in [-0.2, -0.15) is 0 Å². The first-order valence-corrected chi connectivity index (χ1v) is 12.0. The van der Waals surface area contributed by atoms with Crippen molar-refractivity contribution in [2.24, 2.45) is 5.41 Å². The maximum Gasteiger partial charge on any atom is 0.218 e. The first-order valence-electron chi connectivity index (χ1n) is 10.6. The van der Waals surface area contributed by atoms with E-state index < -0.39 is 88.3 Å². The largest absolute Gasteiger partial charge is 0.726 e. The molecule has 2 aliphatic rings. The average molecular weight is 526 g/mol. The van der Waals surface area contributed by atoms with Gasteiger partial charge in [0.05, 0.1) is 43.7 Å². The number of aliphatic hydroxyl groups excluding tert-OH is 3. The van der Waals surface area contributed by atoms with Gasteiger partial charge in [0.25, 0.3) is 0 Å². The summed E-state index contributed by atoms with van der Waals surface area (Å²) in [5, 5.41) is 45.2. The lowest BCUT2D eigenvalue weighted by Crippen LogP contribution is -2.70. The third-order valence-electron chi connectivity index (χ3n) is 6.25. The van der Waals surface area contributed by atoms with Crippen LogP contribution in [0.5, 0.6) is 0 Å². The molecule has 0 aromatic heterocycles. The molecular formula is C20H31NO13S-2. The molecule has 1 fully saturated rings. The minimum Gasteiger partial charge on any atom is -0.726 e. The van der Waals surface area contributed by atoms with Crippen LogP contribution < -0.4 is 10.4 Å². The molecule has 35 heavy (non-hydrogen) atoms. The predicted molar refractivity (Wildman–Crippen MR) is 112 cm³/mol. The Morgan fingerprint density at radius 2 is 1.80 bits per heavy atom. The molecule has 2 rings (SSSR count). The molecule has 3 unspecified atom stereocenters. The topological polar surface area (TPSA) is 224 Å². The van der Waals surface area contributed by atoms with Gasteiger partial charge in [-0.25, -0.2) is 8.42 Å². The number of carboxylic acids is 1. The van der Waals surface area contributed by atoms with Crippen LogP contribution in [0.3, 0.4) is 0 Å². The van der Waals surface area contributed by atoms with Crippen molar-refractivity contribution in [1.82, 2.24) is 5.32 Å². The zero-order valence-electron chi connectivity index (χ0n) is 19.9. The predicted octanol–water partition coefficient (Wildman–Crippen LogP) is -3.33. The van der Waals surface area contributed by atoms with Crippen LogP contribution in [0.4, 0.5) is 0 Å². The third kappa shape index (κ3) is 6.48. The molecule has 0 bridgehead atoms. The van der Waals surface area contributed by atoms with E-state index in [-0.39, 0.29) is 6.61 Å². The zero-order chi connectivity index (χ0) is 27.0. The Labute approximate surface area is 202 Å². The van der Waals surface area contributed by atoms with Gasteiger partial charge < -0.3 is 49.3 Å². The van der Waals surface area contributed by atoms with Gasteiger partial charge in [0.2, 0.25) is 16.3 Å². The van der Waals surface area contributed by atoms with E-state index in [0.29, 0.717) is 6.08 Å². The Hall–Kier alpha value is -1.85. The van der Waals surface area contributed by atoms with Crippen LogP contribution in [0.1, 0.15) is 34.6 Å². The number of carbonyl (C=O) groups excluding carboxylic acids is 2. The van der Waals surface area contributed by atoms with Crippen molar-refractivity contribution in [2.45, 2.75) is 76.3 Å². The normalized spacial score (nSPS) is 37.2. The van der Waals surface area contributed by atoms with E-state index in [4.69, 9.17) is 14.2 Å². The standard InChI is InChI=1S/C20H33NO13S/c1-10(23)21-14-15(25)19(4,13(7-22)33-18(14,2)3)8-31-9-20(5)16(34-35(28,29)30)11(24)6-12(32-20)17(26)27/h6,11,13-16,22,24-25H,7-9H2,1-5H3,(H,21,23)(H,26,27)(H,28,29,30)/p-2/t11-,13?,14?,15+,16?,19-,20-/m1/s1. The first-order chi connectivity index (χ1) is 15.9. The first kappa shape index (κ1) is 29.4. The van der Waals surface area contributed by atoms with Crippen LogP contribution in [-0.2, 0) is 38.4 Å². The van der Waals surface area contributed by atoms with Gasteiger partial charge in [0, 0.05) is 12.3 Å². The van der Waals surface area contributed by atoms with E-state index in [2.05, 4.69) is 9.50 Å². The molecule has 202 valence electrons. The molecule has 0 aromatic carbocycles. The third-order valence-corrected chi connectivity index (χ3v) is 6.69. The molecule has 0 aliphatic carbocycles. The van der Waals surface area contributed by atoms with Crippen LogP contribution in [-0.4, -0.2) is 102 Å². The quantitative estimate of drug-likeness (QED) is 0.171. The van der Waals surface area contributed by atoms with Crippen molar-refractivity contribution in [3.05, 3.63) is 11.8 Å². The second-order valence-electron chi connectivity index (χ2n) is 9.66. The summed E-state index contributed by atoms with van der Waals surface area (Å²) >= 11 is 0. The van der Waals surface area contributed by atoms with Gasteiger partial charge in [-0.05, 0) is 26.8 Å². The summed E-state index contributed by atoms with van der Waals surface area (Å²) in [6, 6.07) is -0.908. The fourth-order valence-corrected chi connectivity index (χ4v) is 4.92. The SMILES string of the molecule is CC(=O)NC1[C@H](O)[C@](C)(COC[C@@]2(C)OC(C(=O)[O-])=C[C@@H](O)C2OS(=O)(=O)[O-])C(CO)OC1(C)C. The summed E-state index contributed by atoms with van der Waals surface area (Å²) in [5.41, 5.74) is -4.42. The van der Waals surface area contributed by atoms with Crippen LogP contribution in [0.15, 0.2) is 11.8 Å². The molecule has 0 spiro atoms. The summed E-state index contributed by atoms with van der Waals surface area (Å²) in [7, 11) is -5.35. The lowest BCUT2D eigenvalue weighted by molar-refractivity contribution is -0.307. The van der Waals surface area contributed by atoms with E-state index in [0.717, 1.165) is 6.92 Å². The maximum atomic E-state index is 11.7. The number of aliphatic hydroxyl groups is 3. The van der Waals surface area contributed by atoms with Gasteiger partial charge in [-0.1, -0.05) is 6.92 Å². The Morgan fingerprint density at radius 1 is 1.20 bits per heavy atom. The van der Waals surface area contributed by atoms with E-state index in [1.807, 2.05) is 0 Å². The van der Waals surface area contributed by atoms with Crippen molar-refractivity contribution >= 4 is 22.3 Å². The monoisotopic (exact) mass is 525 g/mol. The molecule has 0 saturated carbocycles. The molecule has 4 N–H and O–H groups in total. The molecule has 2 heterocycles. The Bertz CT molecular complexity index is 951. The van der Waals surface area contributed by atoms with Crippen molar-refractivity contribution in [2.75, 3.05) is 19.8 Å². The van der Waals surface area contributed by atoms with Gasteiger partial charge in [0.15, 0.2) is 5.60 Å². The van der Waals surface area contributed by atoms with Crippen LogP contribution in [0.2, 0.25) is 0 Å². The average Bonchev–Trinajstić information content (AvgIpc) is 2.70. The number of carbonyl (C=O) groups is 2. The number of hydrogen-bond acceptors (Lipinski definition) is 13. The second-order valence-corrected chi connectivity index (χ2v) is 10.7. The fourth-order valence-electron chi connectivity index (χ4n) is 4.35. The smallest absolute Gasteiger partial charge is 0.218 e. The summed E-state index contributed by atoms with van der Waals surface area (Å²) in [4.78, 5) is 23.0. The number of hydrogen-bond donors (Lipinski definition) is 4. The van der Waals surface area contributed by atoms with E-state index >= 15 is 0 Å². The van der Waals surface area contributed by atoms with Crippen molar-refractivity contribution in [3.63, 3.8) is 0 Å². The summed E-state index contributed by atoms with van der Waals surface area (Å²) in [6.07, 6.45) is -5.42. The van der Waals surface area contributed by atoms with Crippen molar-refractivity contribution < 1.29 is 61.4 Å². The highest BCUT2D eigenvalue weighted by molar-refractivity contribution is 7.80. The highest BCUT2D eigenvalue weighted by Crippen LogP contribution is 2.42. The van der Waals surface area contributed by atoms with Crippen LogP contribution >= 0.6 is 0 Å². The molecule has 14 nitrogen and oxygen atoms in total. The second kappa shape index (κ2) is 10.3. The lowest BCUT2D eigenvalue weighted by atomic mass is 9.70. The maximum absolute atomic E-state index is 11.7. The van der Waals surface area contributed by atoms with Gasteiger partial charge in [0.1, 0.15) is 23.9 Å².